The highest BCUT2D eigenvalue weighted by Gasteiger charge is 2.51. The van der Waals surface area contributed by atoms with E-state index in [4.69, 9.17) is 5.11 Å². The van der Waals surface area contributed by atoms with Crippen molar-refractivity contribution in [1.29, 1.82) is 0 Å². The molecule has 2 nitrogen and oxygen atoms in total. The number of fused-ring (bicyclic) bond motifs is 2. The SMILES string of the molecule is CC1(C)CC2(C)CCCC(CC(=O)O)(C1)C2. The van der Waals surface area contributed by atoms with Gasteiger partial charge in [0.05, 0.1) is 6.42 Å². The van der Waals surface area contributed by atoms with Crippen LogP contribution in [0.25, 0.3) is 0 Å². The van der Waals surface area contributed by atoms with Crippen LogP contribution in [0.1, 0.15) is 65.7 Å². The number of carboxylic acids is 1. The average molecular weight is 224 g/mol. The molecule has 0 amide bonds. The van der Waals surface area contributed by atoms with Crippen LogP contribution in [0.3, 0.4) is 0 Å². The molecule has 0 heterocycles. The molecule has 0 spiro atoms. The number of hydrogen-bond acceptors (Lipinski definition) is 1. The van der Waals surface area contributed by atoms with Crippen LogP contribution in [0.5, 0.6) is 0 Å². The van der Waals surface area contributed by atoms with E-state index in [0.717, 1.165) is 19.3 Å². The van der Waals surface area contributed by atoms with Gasteiger partial charge in [0.1, 0.15) is 0 Å². The van der Waals surface area contributed by atoms with E-state index in [0.29, 0.717) is 17.3 Å². The summed E-state index contributed by atoms with van der Waals surface area (Å²) in [6.07, 6.45) is 7.51. The smallest absolute Gasteiger partial charge is 0.303 e. The largest absolute Gasteiger partial charge is 0.481 e. The zero-order chi connectivity index (χ0) is 12.0. The van der Waals surface area contributed by atoms with Gasteiger partial charge in [-0.1, -0.05) is 27.2 Å². The van der Waals surface area contributed by atoms with Gasteiger partial charge in [0, 0.05) is 0 Å². The first-order chi connectivity index (χ1) is 7.24. The molecule has 2 bridgehead atoms. The minimum Gasteiger partial charge on any atom is -0.481 e. The molecule has 2 saturated carbocycles. The summed E-state index contributed by atoms with van der Waals surface area (Å²) < 4.78 is 0. The molecule has 0 aromatic heterocycles. The van der Waals surface area contributed by atoms with E-state index in [-0.39, 0.29) is 5.41 Å². The first-order valence-corrected chi connectivity index (χ1v) is 6.46. The lowest BCUT2D eigenvalue weighted by Crippen LogP contribution is -2.46. The zero-order valence-corrected chi connectivity index (χ0v) is 10.8. The van der Waals surface area contributed by atoms with Gasteiger partial charge in [-0.05, 0) is 48.3 Å². The predicted octanol–water partition coefficient (Wildman–Crippen LogP) is 3.85. The summed E-state index contributed by atoms with van der Waals surface area (Å²) in [5.41, 5.74) is 0.818. The number of carboxylic acid groups (broad SMARTS) is 1. The van der Waals surface area contributed by atoms with Crippen molar-refractivity contribution in [1.82, 2.24) is 0 Å². The van der Waals surface area contributed by atoms with Gasteiger partial charge in [0.15, 0.2) is 0 Å². The Kier molecular flexibility index (Phi) is 2.60. The van der Waals surface area contributed by atoms with Crippen LogP contribution in [-0.4, -0.2) is 11.1 Å². The molecule has 2 fully saturated rings. The molecule has 0 aliphatic heterocycles. The van der Waals surface area contributed by atoms with Crippen molar-refractivity contribution >= 4 is 5.97 Å². The van der Waals surface area contributed by atoms with Gasteiger partial charge < -0.3 is 5.11 Å². The first kappa shape index (κ1) is 11.9. The lowest BCUT2D eigenvalue weighted by molar-refractivity contribution is -0.145. The average Bonchev–Trinajstić information content (AvgIpc) is 1.94. The minimum absolute atomic E-state index is 0.0978. The molecule has 92 valence electrons. The van der Waals surface area contributed by atoms with Crippen molar-refractivity contribution in [2.45, 2.75) is 65.7 Å². The highest BCUT2D eigenvalue weighted by atomic mass is 16.4. The van der Waals surface area contributed by atoms with Crippen molar-refractivity contribution in [2.24, 2.45) is 16.2 Å². The standard InChI is InChI=1S/C14H24O2/c1-12(2)8-13(3)5-4-6-14(9-12,10-13)7-11(15)16/h4-10H2,1-3H3,(H,15,16). The van der Waals surface area contributed by atoms with Crippen LogP contribution in [0.15, 0.2) is 0 Å². The third-order valence-corrected chi connectivity index (χ3v) is 4.57. The Labute approximate surface area is 98.4 Å². The van der Waals surface area contributed by atoms with Crippen LogP contribution in [0, 0.1) is 16.2 Å². The van der Waals surface area contributed by atoms with Crippen LogP contribution in [0.2, 0.25) is 0 Å². The molecule has 0 aromatic carbocycles. The van der Waals surface area contributed by atoms with Gasteiger partial charge in [-0.15, -0.1) is 0 Å². The van der Waals surface area contributed by atoms with E-state index >= 15 is 0 Å². The van der Waals surface area contributed by atoms with Gasteiger partial charge in [-0.2, -0.15) is 0 Å². The second-order valence-electron chi connectivity index (χ2n) is 7.43. The van der Waals surface area contributed by atoms with Crippen LogP contribution in [-0.2, 0) is 4.79 Å². The third kappa shape index (κ3) is 2.26. The molecule has 0 aromatic rings. The molecule has 2 aliphatic rings. The summed E-state index contributed by atoms with van der Waals surface area (Å²) in [6.45, 7) is 6.99. The molecule has 2 rings (SSSR count). The van der Waals surface area contributed by atoms with E-state index in [1.54, 1.807) is 0 Å². The minimum atomic E-state index is -0.609. The topological polar surface area (TPSA) is 37.3 Å². The predicted molar refractivity (Wildman–Crippen MR) is 64.3 cm³/mol. The van der Waals surface area contributed by atoms with Crippen molar-refractivity contribution < 1.29 is 9.90 Å². The fourth-order valence-corrected chi connectivity index (χ4v) is 5.04. The van der Waals surface area contributed by atoms with Gasteiger partial charge in [-0.25, -0.2) is 0 Å². The lowest BCUT2D eigenvalue weighted by Gasteiger charge is -2.56. The normalized spacial score (nSPS) is 41.7. The molecule has 1 N–H and O–H groups in total. The van der Waals surface area contributed by atoms with E-state index in [1.807, 2.05) is 0 Å². The highest BCUT2D eigenvalue weighted by molar-refractivity contribution is 5.67. The Morgan fingerprint density at radius 2 is 1.81 bits per heavy atom. The maximum absolute atomic E-state index is 11.1. The van der Waals surface area contributed by atoms with Crippen molar-refractivity contribution in [3.05, 3.63) is 0 Å². The summed E-state index contributed by atoms with van der Waals surface area (Å²) in [5, 5.41) is 9.13. The number of aliphatic carboxylic acids is 1. The van der Waals surface area contributed by atoms with Gasteiger partial charge >= 0.3 is 5.97 Å². The molecule has 2 unspecified atom stereocenters. The molecule has 0 radical (unpaired) electrons. The third-order valence-electron chi connectivity index (χ3n) is 4.57. The van der Waals surface area contributed by atoms with Gasteiger partial charge in [0.25, 0.3) is 0 Å². The number of hydrogen-bond donors (Lipinski definition) is 1. The Bertz CT molecular complexity index is 304. The van der Waals surface area contributed by atoms with E-state index in [2.05, 4.69) is 20.8 Å². The van der Waals surface area contributed by atoms with Crippen LogP contribution >= 0.6 is 0 Å². The van der Waals surface area contributed by atoms with E-state index in [1.165, 1.54) is 19.3 Å². The Morgan fingerprint density at radius 1 is 1.12 bits per heavy atom. The fourth-order valence-electron chi connectivity index (χ4n) is 5.04. The maximum Gasteiger partial charge on any atom is 0.303 e. The molecule has 2 heteroatoms. The maximum atomic E-state index is 11.1. The molecule has 2 aliphatic carbocycles. The summed E-state index contributed by atoms with van der Waals surface area (Å²) in [5.74, 6) is -0.609. The zero-order valence-electron chi connectivity index (χ0n) is 10.8. The summed E-state index contributed by atoms with van der Waals surface area (Å²) in [4.78, 5) is 11.1. The molecular formula is C14H24O2. The van der Waals surface area contributed by atoms with Gasteiger partial charge in [-0.3, -0.25) is 4.79 Å². The first-order valence-electron chi connectivity index (χ1n) is 6.46. The second-order valence-corrected chi connectivity index (χ2v) is 7.43. The molecule has 2 atom stereocenters. The molecular weight excluding hydrogens is 200 g/mol. The Balaban J connectivity index is 2.26. The summed E-state index contributed by atoms with van der Waals surface area (Å²) >= 11 is 0. The van der Waals surface area contributed by atoms with Crippen molar-refractivity contribution in [2.75, 3.05) is 0 Å². The van der Waals surface area contributed by atoms with Gasteiger partial charge in [0.2, 0.25) is 0 Å². The molecule has 0 saturated heterocycles. The van der Waals surface area contributed by atoms with Crippen LogP contribution in [0.4, 0.5) is 0 Å². The molecule has 16 heavy (non-hydrogen) atoms. The number of carbonyl (C=O) groups is 1. The monoisotopic (exact) mass is 224 g/mol. The van der Waals surface area contributed by atoms with E-state index in [9.17, 15) is 4.79 Å². The number of rotatable bonds is 2. The summed E-state index contributed by atoms with van der Waals surface area (Å²) in [7, 11) is 0. The quantitative estimate of drug-likeness (QED) is 0.773. The van der Waals surface area contributed by atoms with Crippen molar-refractivity contribution in [3.63, 3.8) is 0 Å². The Hall–Kier alpha value is -0.530. The van der Waals surface area contributed by atoms with Crippen molar-refractivity contribution in [3.8, 4) is 0 Å². The second kappa shape index (κ2) is 3.48. The lowest BCUT2D eigenvalue weighted by atomic mass is 9.48. The van der Waals surface area contributed by atoms with E-state index < -0.39 is 5.97 Å². The fraction of sp³-hybridized carbons (Fsp3) is 0.929. The Morgan fingerprint density at radius 3 is 2.44 bits per heavy atom. The highest BCUT2D eigenvalue weighted by Crippen LogP contribution is 2.62. The van der Waals surface area contributed by atoms with Crippen LogP contribution < -0.4 is 0 Å². The summed E-state index contributed by atoms with van der Waals surface area (Å²) in [6, 6.07) is 0.